The second kappa shape index (κ2) is 9.56. The van der Waals surface area contributed by atoms with E-state index in [1.807, 2.05) is 53.4 Å². The Hall–Kier alpha value is -3.47. The highest BCUT2D eigenvalue weighted by molar-refractivity contribution is 6.07. The Morgan fingerprint density at radius 3 is 2.65 bits per heavy atom. The van der Waals surface area contributed by atoms with Crippen molar-refractivity contribution in [2.24, 2.45) is 0 Å². The zero-order valence-corrected chi connectivity index (χ0v) is 17.2. The van der Waals surface area contributed by atoms with Gasteiger partial charge in [0.15, 0.2) is 0 Å². The van der Waals surface area contributed by atoms with Crippen LogP contribution in [0.2, 0.25) is 0 Å². The molecule has 3 aromatic rings. The van der Waals surface area contributed by atoms with Crippen LogP contribution in [0.1, 0.15) is 39.9 Å². The highest BCUT2D eigenvalue weighted by atomic mass is 19.1. The Morgan fingerprint density at radius 1 is 1.03 bits per heavy atom. The van der Waals surface area contributed by atoms with Crippen molar-refractivity contribution in [3.8, 4) is 5.75 Å². The lowest BCUT2D eigenvalue weighted by atomic mass is 9.97. The third-order valence-corrected chi connectivity index (χ3v) is 5.52. The van der Waals surface area contributed by atoms with Crippen molar-refractivity contribution < 1.29 is 18.7 Å². The van der Waals surface area contributed by atoms with E-state index in [1.165, 1.54) is 6.07 Å². The number of halogens is 1. The summed E-state index contributed by atoms with van der Waals surface area (Å²) in [7, 11) is 0. The van der Waals surface area contributed by atoms with Gasteiger partial charge < -0.3 is 14.4 Å². The smallest absolute Gasteiger partial charge is 0.258 e. The summed E-state index contributed by atoms with van der Waals surface area (Å²) in [5, 5.41) is 0. The molecule has 0 unspecified atom stereocenters. The van der Waals surface area contributed by atoms with Gasteiger partial charge in [-0.3, -0.25) is 4.79 Å². The quantitative estimate of drug-likeness (QED) is 0.501. The number of para-hydroxylation sites is 1. The van der Waals surface area contributed by atoms with Crippen molar-refractivity contribution in [1.82, 2.24) is 0 Å². The molecule has 0 fully saturated rings. The summed E-state index contributed by atoms with van der Waals surface area (Å²) in [5.74, 6) is 0.0107. The monoisotopic (exact) mass is 417 g/mol. The number of hydrogen-bond acceptors (Lipinski definition) is 3. The van der Waals surface area contributed by atoms with Crippen LogP contribution in [0.4, 0.5) is 10.1 Å². The number of amides is 1. The highest BCUT2D eigenvalue weighted by Crippen LogP contribution is 2.33. The van der Waals surface area contributed by atoms with E-state index in [1.54, 1.807) is 12.1 Å². The van der Waals surface area contributed by atoms with Crippen LogP contribution in [0, 0.1) is 5.82 Å². The maximum absolute atomic E-state index is 14.3. The molecule has 0 aliphatic carbocycles. The summed E-state index contributed by atoms with van der Waals surface area (Å²) in [4.78, 5) is 25.5. The average Bonchev–Trinajstić information content (AvgIpc) is 2.81. The molecule has 1 aliphatic rings. The topological polar surface area (TPSA) is 46.6 Å². The third-order valence-electron chi connectivity index (χ3n) is 5.52. The van der Waals surface area contributed by atoms with E-state index < -0.39 is 0 Å². The number of carbonyl (C=O) groups is 2. The molecule has 0 atom stereocenters. The van der Waals surface area contributed by atoms with Gasteiger partial charge in [-0.1, -0.05) is 42.5 Å². The normalized spacial score (nSPS) is 12.9. The molecule has 0 N–H and O–H groups in total. The van der Waals surface area contributed by atoms with Crippen LogP contribution in [0.15, 0.2) is 66.7 Å². The Bertz CT molecular complexity index is 1080. The number of benzene rings is 3. The van der Waals surface area contributed by atoms with Crippen LogP contribution >= 0.6 is 0 Å². The summed E-state index contributed by atoms with van der Waals surface area (Å²) in [6.07, 6.45) is 3.26. The molecule has 1 heterocycles. The number of hydrogen-bond donors (Lipinski definition) is 0. The molecular formula is C26H24FNO3. The predicted octanol–water partition coefficient (Wildman–Crippen LogP) is 5.13. The fourth-order valence-corrected chi connectivity index (χ4v) is 3.98. The first-order valence-electron chi connectivity index (χ1n) is 10.5. The molecule has 4 nitrogen and oxygen atoms in total. The molecule has 0 saturated heterocycles. The second-order valence-corrected chi connectivity index (χ2v) is 7.60. The molecule has 5 heteroatoms. The Morgan fingerprint density at radius 2 is 1.87 bits per heavy atom. The Balaban J connectivity index is 1.56. The van der Waals surface area contributed by atoms with Crippen LogP contribution < -0.4 is 9.64 Å². The number of ether oxygens (including phenoxy) is 1. The standard InChI is InChI=1S/C26H24FNO3/c27-24-17-23(14-13-19(24)12-6-16-29)31-18-22-10-4-9-20-11-5-15-28(25(20)22)26(30)21-7-2-1-3-8-21/h1-4,7-10,13-14,16-17H,5-6,11-12,15,18H2. The van der Waals surface area contributed by atoms with Gasteiger partial charge in [0.1, 0.15) is 24.5 Å². The van der Waals surface area contributed by atoms with Crippen molar-refractivity contribution >= 4 is 17.9 Å². The number of aldehydes is 1. The van der Waals surface area contributed by atoms with Gasteiger partial charge in [0.2, 0.25) is 0 Å². The molecule has 0 saturated carbocycles. The molecular weight excluding hydrogens is 393 g/mol. The van der Waals surface area contributed by atoms with E-state index in [0.717, 1.165) is 35.9 Å². The average molecular weight is 417 g/mol. The lowest BCUT2D eigenvalue weighted by molar-refractivity contribution is -0.107. The lowest BCUT2D eigenvalue weighted by Crippen LogP contribution is -2.36. The zero-order chi connectivity index (χ0) is 21.6. The number of anilines is 1. The SMILES string of the molecule is O=CCCc1ccc(OCc2cccc3c2N(C(=O)c2ccccc2)CCC3)cc1F. The van der Waals surface area contributed by atoms with Gasteiger partial charge in [0.25, 0.3) is 5.91 Å². The van der Waals surface area contributed by atoms with Crippen LogP contribution in [0.5, 0.6) is 5.75 Å². The van der Waals surface area contributed by atoms with Crippen LogP contribution in [-0.2, 0) is 24.2 Å². The summed E-state index contributed by atoms with van der Waals surface area (Å²) < 4.78 is 20.2. The van der Waals surface area contributed by atoms with E-state index in [9.17, 15) is 14.0 Å². The largest absolute Gasteiger partial charge is 0.489 e. The number of nitrogens with zero attached hydrogens (tertiary/aromatic N) is 1. The highest BCUT2D eigenvalue weighted by Gasteiger charge is 2.26. The minimum absolute atomic E-state index is 0.0282. The zero-order valence-electron chi connectivity index (χ0n) is 17.2. The van der Waals surface area contributed by atoms with Crippen molar-refractivity contribution in [1.29, 1.82) is 0 Å². The summed E-state index contributed by atoms with van der Waals surface area (Å²) >= 11 is 0. The third kappa shape index (κ3) is 4.66. The first-order valence-corrected chi connectivity index (χ1v) is 10.5. The molecule has 1 amide bonds. The van der Waals surface area contributed by atoms with Gasteiger partial charge in [0.05, 0.1) is 5.69 Å². The minimum atomic E-state index is -0.379. The fraction of sp³-hybridized carbons (Fsp3) is 0.231. The number of aryl methyl sites for hydroxylation is 2. The molecule has 3 aromatic carbocycles. The van der Waals surface area contributed by atoms with Gasteiger partial charge in [-0.05, 0) is 48.6 Å². The maximum atomic E-state index is 14.3. The van der Waals surface area contributed by atoms with Crippen molar-refractivity contribution in [3.63, 3.8) is 0 Å². The van der Waals surface area contributed by atoms with Crippen molar-refractivity contribution in [2.45, 2.75) is 32.3 Å². The molecule has 4 rings (SSSR count). The Kier molecular flexibility index (Phi) is 6.41. The first-order chi connectivity index (χ1) is 15.2. The van der Waals surface area contributed by atoms with Gasteiger partial charge >= 0.3 is 0 Å². The van der Waals surface area contributed by atoms with E-state index in [-0.39, 0.29) is 18.3 Å². The number of fused-ring (bicyclic) bond motifs is 1. The van der Waals surface area contributed by atoms with E-state index in [4.69, 9.17) is 4.74 Å². The molecule has 1 aliphatic heterocycles. The summed E-state index contributed by atoms with van der Waals surface area (Å²) in [5.41, 5.74) is 4.06. The predicted molar refractivity (Wildman–Crippen MR) is 118 cm³/mol. The maximum Gasteiger partial charge on any atom is 0.258 e. The van der Waals surface area contributed by atoms with Gasteiger partial charge in [0, 0.05) is 30.2 Å². The van der Waals surface area contributed by atoms with Gasteiger partial charge in [-0.2, -0.15) is 0 Å². The molecule has 0 spiro atoms. The lowest BCUT2D eigenvalue weighted by Gasteiger charge is -2.31. The number of rotatable bonds is 7. The van der Waals surface area contributed by atoms with Crippen LogP contribution in [0.3, 0.4) is 0 Å². The number of carbonyl (C=O) groups excluding carboxylic acids is 2. The van der Waals surface area contributed by atoms with Crippen molar-refractivity contribution in [2.75, 3.05) is 11.4 Å². The Labute approximate surface area is 181 Å². The van der Waals surface area contributed by atoms with E-state index in [0.29, 0.717) is 36.3 Å². The van der Waals surface area contributed by atoms with Gasteiger partial charge in [-0.25, -0.2) is 4.39 Å². The van der Waals surface area contributed by atoms with Crippen molar-refractivity contribution in [3.05, 3.63) is 94.8 Å². The minimum Gasteiger partial charge on any atom is -0.489 e. The molecule has 158 valence electrons. The first kappa shape index (κ1) is 20.8. The molecule has 31 heavy (non-hydrogen) atoms. The van der Waals surface area contributed by atoms with Crippen LogP contribution in [-0.4, -0.2) is 18.7 Å². The van der Waals surface area contributed by atoms with Gasteiger partial charge in [-0.15, -0.1) is 0 Å². The second-order valence-electron chi connectivity index (χ2n) is 7.60. The summed E-state index contributed by atoms with van der Waals surface area (Å²) in [6.45, 7) is 0.882. The summed E-state index contributed by atoms with van der Waals surface area (Å²) in [6, 6.07) is 19.9. The fourth-order valence-electron chi connectivity index (χ4n) is 3.98. The molecule has 0 radical (unpaired) electrons. The van der Waals surface area contributed by atoms with E-state index >= 15 is 0 Å². The molecule has 0 aromatic heterocycles. The van der Waals surface area contributed by atoms with Crippen LogP contribution in [0.25, 0.3) is 0 Å². The molecule has 0 bridgehead atoms. The van der Waals surface area contributed by atoms with E-state index in [2.05, 4.69) is 0 Å².